The molecule has 2 amide bonds. The van der Waals surface area contributed by atoms with Gasteiger partial charge in [-0.1, -0.05) is 34.6 Å². The van der Waals surface area contributed by atoms with E-state index in [9.17, 15) is 9.59 Å². The Bertz CT molecular complexity index is 760. The number of nitrogens with one attached hydrogen (secondary N) is 1. The van der Waals surface area contributed by atoms with Crippen LogP contribution in [0.2, 0.25) is 0 Å². The molecule has 6 heteroatoms. The van der Waals surface area contributed by atoms with Gasteiger partial charge in [-0.15, -0.1) is 0 Å². The van der Waals surface area contributed by atoms with Gasteiger partial charge in [-0.2, -0.15) is 0 Å². The fourth-order valence-electron chi connectivity index (χ4n) is 4.28. The molecule has 32 heavy (non-hydrogen) atoms. The van der Waals surface area contributed by atoms with Crippen molar-refractivity contribution in [1.29, 1.82) is 0 Å². The molecule has 1 aromatic rings. The monoisotopic (exact) mass is 445 g/mol. The zero-order chi connectivity index (χ0) is 23.9. The number of rotatable bonds is 10. The molecular weight excluding hydrogens is 402 g/mol. The number of ether oxygens (including phenoxy) is 1. The largest absolute Gasteiger partial charge is 0.377 e. The lowest BCUT2D eigenvalue weighted by Crippen LogP contribution is -2.40. The summed E-state index contributed by atoms with van der Waals surface area (Å²) in [4.78, 5) is 29.9. The van der Waals surface area contributed by atoms with Crippen molar-refractivity contribution in [2.45, 2.75) is 79.4 Å². The zero-order valence-corrected chi connectivity index (χ0v) is 21.2. The van der Waals surface area contributed by atoms with Crippen LogP contribution in [-0.2, 0) is 20.9 Å². The van der Waals surface area contributed by atoms with Gasteiger partial charge >= 0.3 is 0 Å². The second-order valence-corrected chi connectivity index (χ2v) is 10.4. The lowest BCUT2D eigenvalue weighted by molar-refractivity contribution is -0.138. The van der Waals surface area contributed by atoms with Crippen molar-refractivity contribution in [2.75, 3.05) is 37.5 Å². The summed E-state index contributed by atoms with van der Waals surface area (Å²) >= 11 is 0. The number of hydrogen-bond acceptors (Lipinski definition) is 4. The van der Waals surface area contributed by atoms with Crippen molar-refractivity contribution in [2.24, 2.45) is 11.3 Å². The number of benzene rings is 1. The third kappa shape index (κ3) is 7.80. The van der Waals surface area contributed by atoms with Gasteiger partial charge in [0.15, 0.2) is 0 Å². The number of amides is 2. The van der Waals surface area contributed by atoms with E-state index < -0.39 is 0 Å². The first-order valence-corrected chi connectivity index (χ1v) is 12.0. The van der Waals surface area contributed by atoms with E-state index in [0.717, 1.165) is 49.2 Å². The van der Waals surface area contributed by atoms with E-state index in [1.807, 2.05) is 37.2 Å². The summed E-state index contributed by atoms with van der Waals surface area (Å²) in [5.74, 6) is 0.219. The third-order valence-electron chi connectivity index (χ3n) is 5.99. The van der Waals surface area contributed by atoms with Crippen LogP contribution in [0.4, 0.5) is 11.4 Å². The highest BCUT2D eigenvalue weighted by Crippen LogP contribution is 2.28. The van der Waals surface area contributed by atoms with Gasteiger partial charge in [0, 0.05) is 57.5 Å². The molecule has 0 saturated carbocycles. The molecule has 1 fully saturated rings. The molecule has 0 aliphatic carbocycles. The molecule has 1 atom stereocenters. The molecule has 1 heterocycles. The summed E-state index contributed by atoms with van der Waals surface area (Å²) in [7, 11) is 4.01. The summed E-state index contributed by atoms with van der Waals surface area (Å²) in [6.07, 6.45) is 4.27. The van der Waals surface area contributed by atoms with Crippen LogP contribution in [0.3, 0.4) is 0 Å². The standard InChI is InChI=1S/C26H43N3O3/c1-8-19(9-2)25(31)29(18-22-11-10-14-32-22)17-20-15-21(12-13-23(20)28(6)7)27-24(30)16-26(3,4)5/h12-13,15,19,22H,8-11,14,16-18H2,1-7H3,(H,27,30)/t22-/m0/s1. The highest BCUT2D eigenvalue weighted by molar-refractivity contribution is 5.91. The Morgan fingerprint density at radius 3 is 2.41 bits per heavy atom. The van der Waals surface area contributed by atoms with Crippen molar-refractivity contribution in [3.8, 4) is 0 Å². The van der Waals surface area contributed by atoms with Gasteiger partial charge in [-0.25, -0.2) is 0 Å². The summed E-state index contributed by atoms with van der Waals surface area (Å²) < 4.78 is 5.86. The summed E-state index contributed by atoms with van der Waals surface area (Å²) in [6, 6.07) is 5.97. The average Bonchev–Trinajstić information content (AvgIpc) is 3.20. The van der Waals surface area contributed by atoms with Crippen molar-refractivity contribution >= 4 is 23.2 Å². The van der Waals surface area contributed by atoms with Crippen LogP contribution in [-0.4, -0.2) is 50.1 Å². The lowest BCUT2D eigenvalue weighted by atomic mass is 9.92. The predicted octanol–water partition coefficient (Wildman–Crippen LogP) is 5.07. The van der Waals surface area contributed by atoms with Crippen LogP contribution in [0.15, 0.2) is 18.2 Å². The van der Waals surface area contributed by atoms with Gasteiger partial charge in [0.1, 0.15) is 0 Å². The van der Waals surface area contributed by atoms with Crippen molar-refractivity contribution in [3.05, 3.63) is 23.8 Å². The van der Waals surface area contributed by atoms with E-state index in [4.69, 9.17) is 4.74 Å². The van der Waals surface area contributed by atoms with Crippen LogP contribution in [0, 0.1) is 11.3 Å². The van der Waals surface area contributed by atoms with E-state index in [-0.39, 0.29) is 29.3 Å². The fourth-order valence-corrected chi connectivity index (χ4v) is 4.28. The van der Waals surface area contributed by atoms with Crippen LogP contribution in [0.1, 0.15) is 72.3 Å². The fraction of sp³-hybridized carbons (Fsp3) is 0.692. The van der Waals surface area contributed by atoms with Crippen LogP contribution in [0.5, 0.6) is 0 Å². The molecule has 1 aliphatic heterocycles. The number of nitrogens with zero attached hydrogens (tertiary/aromatic N) is 2. The number of anilines is 2. The Labute approximate surface area is 194 Å². The lowest BCUT2D eigenvalue weighted by Gasteiger charge is -2.30. The zero-order valence-electron chi connectivity index (χ0n) is 21.2. The Kier molecular flexibility index (Phi) is 9.56. The maximum atomic E-state index is 13.4. The van der Waals surface area contributed by atoms with Gasteiger partial charge in [0.2, 0.25) is 11.8 Å². The maximum Gasteiger partial charge on any atom is 0.226 e. The first-order chi connectivity index (χ1) is 15.0. The quantitative estimate of drug-likeness (QED) is 0.546. The molecule has 0 aromatic heterocycles. The summed E-state index contributed by atoms with van der Waals surface area (Å²) in [5, 5.41) is 3.04. The minimum absolute atomic E-state index is 0.00497. The van der Waals surface area contributed by atoms with Crippen LogP contribution in [0.25, 0.3) is 0 Å². The molecule has 0 spiro atoms. The Hall–Kier alpha value is -2.08. The first kappa shape index (κ1) is 26.2. The molecule has 1 aromatic carbocycles. The highest BCUT2D eigenvalue weighted by Gasteiger charge is 2.27. The Morgan fingerprint density at radius 2 is 1.88 bits per heavy atom. The molecule has 0 bridgehead atoms. The molecule has 2 rings (SSSR count). The van der Waals surface area contributed by atoms with Gasteiger partial charge in [0.25, 0.3) is 0 Å². The minimum atomic E-state index is -0.0731. The number of hydrogen-bond donors (Lipinski definition) is 1. The molecule has 1 aliphatic rings. The SMILES string of the molecule is CCC(CC)C(=O)N(Cc1cc(NC(=O)CC(C)(C)C)ccc1N(C)C)C[C@@H]1CCCO1. The Morgan fingerprint density at radius 1 is 1.19 bits per heavy atom. The van der Waals surface area contributed by atoms with E-state index in [0.29, 0.717) is 19.5 Å². The second kappa shape index (κ2) is 11.7. The summed E-state index contributed by atoms with van der Waals surface area (Å²) in [5.41, 5.74) is 2.78. The molecule has 1 N–H and O–H groups in total. The highest BCUT2D eigenvalue weighted by atomic mass is 16.5. The van der Waals surface area contributed by atoms with E-state index in [2.05, 4.69) is 44.8 Å². The maximum absolute atomic E-state index is 13.4. The molecule has 180 valence electrons. The predicted molar refractivity (Wildman–Crippen MR) is 132 cm³/mol. The van der Waals surface area contributed by atoms with Gasteiger partial charge in [-0.05, 0) is 54.9 Å². The van der Waals surface area contributed by atoms with E-state index >= 15 is 0 Å². The first-order valence-electron chi connectivity index (χ1n) is 12.0. The molecule has 0 radical (unpaired) electrons. The minimum Gasteiger partial charge on any atom is -0.377 e. The molecule has 1 saturated heterocycles. The molecular formula is C26H43N3O3. The van der Waals surface area contributed by atoms with Gasteiger partial charge in [-0.3, -0.25) is 9.59 Å². The summed E-state index contributed by atoms with van der Waals surface area (Å²) in [6.45, 7) is 12.2. The number of carbonyl (C=O) groups is 2. The molecule has 6 nitrogen and oxygen atoms in total. The van der Waals surface area contributed by atoms with E-state index in [1.54, 1.807) is 0 Å². The number of carbonyl (C=O) groups excluding carboxylic acids is 2. The van der Waals surface area contributed by atoms with Gasteiger partial charge < -0.3 is 19.9 Å². The molecule has 0 unspecified atom stereocenters. The van der Waals surface area contributed by atoms with Crippen molar-refractivity contribution in [1.82, 2.24) is 4.90 Å². The van der Waals surface area contributed by atoms with Crippen LogP contribution < -0.4 is 10.2 Å². The topological polar surface area (TPSA) is 61.9 Å². The smallest absolute Gasteiger partial charge is 0.226 e. The van der Waals surface area contributed by atoms with Crippen LogP contribution >= 0.6 is 0 Å². The second-order valence-electron chi connectivity index (χ2n) is 10.4. The van der Waals surface area contributed by atoms with Crippen molar-refractivity contribution in [3.63, 3.8) is 0 Å². The van der Waals surface area contributed by atoms with Gasteiger partial charge in [0.05, 0.1) is 6.10 Å². The average molecular weight is 446 g/mol. The van der Waals surface area contributed by atoms with E-state index in [1.165, 1.54) is 0 Å². The normalized spacial score (nSPS) is 16.3. The third-order valence-corrected chi connectivity index (χ3v) is 5.99. The van der Waals surface area contributed by atoms with Crippen molar-refractivity contribution < 1.29 is 14.3 Å². The Balaban J connectivity index is 2.30.